The second kappa shape index (κ2) is 24.3. The van der Waals surface area contributed by atoms with E-state index in [1.54, 1.807) is 0 Å². The lowest BCUT2D eigenvalue weighted by molar-refractivity contribution is -0.366. The zero-order valence-corrected chi connectivity index (χ0v) is 38.0. The van der Waals surface area contributed by atoms with Gasteiger partial charge in [-0.25, -0.2) is 0 Å². The van der Waals surface area contributed by atoms with Crippen molar-refractivity contribution in [3.8, 4) is 0 Å². The molecule has 26 heteroatoms. The van der Waals surface area contributed by atoms with Crippen LogP contribution in [-0.4, -0.2) is 170 Å². The van der Waals surface area contributed by atoms with E-state index >= 15 is 0 Å². The van der Waals surface area contributed by atoms with Gasteiger partial charge in [-0.3, -0.25) is 47.9 Å². The Morgan fingerprint density at radius 1 is 0.328 bits per heavy atom. The van der Waals surface area contributed by atoms with Crippen LogP contribution in [0, 0.1) is 0 Å². The van der Waals surface area contributed by atoms with E-state index in [9.17, 15) is 47.9 Å². The van der Waals surface area contributed by atoms with Crippen LogP contribution in [0.2, 0.25) is 0 Å². The van der Waals surface area contributed by atoms with Crippen LogP contribution in [0.25, 0.3) is 0 Å². The van der Waals surface area contributed by atoms with E-state index in [1.165, 1.54) is 0 Å². The Morgan fingerprint density at radius 3 is 0.875 bits per heavy atom. The van der Waals surface area contributed by atoms with Gasteiger partial charge in [0.25, 0.3) is 0 Å². The molecule has 3 saturated heterocycles. The van der Waals surface area contributed by atoms with Gasteiger partial charge in [0, 0.05) is 69.2 Å². The highest BCUT2D eigenvalue weighted by molar-refractivity contribution is 9.09. The van der Waals surface area contributed by atoms with Crippen LogP contribution in [0.3, 0.4) is 0 Å². The maximum absolute atomic E-state index is 12.8. The van der Waals surface area contributed by atoms with E-state index < -0.39 is 170 Å². The minimum Gasteiger partial charge on any atom is -0.463 e. The van der Waals surface area contributed by atoms with Crippen molar-refractivity contribution >= 4 is 75.6 Å². The van der Waals surface area contributed by atoms with Crippen molar-refractivity contribution in [2.75, 3.05) is 19.8 Å². The summed E-state index contributed by atoms with van der Waals surface area (Å²) in [5, 5.41) is -1.44. The molecule has 25 nitrogen and oxygen atoms in total. The molecule has 0 N–H and O–H groups in total. The van der Waals surface area contributed by atoms with Gasteiger partial charge in [-0.05, 0) is 0 Å². The van der Waals surface area contributed by atoms with E-state index in [4.69, 9.17) is 71.1 Å². The van der Waals surface area contributed by atoms with Crippen molar-refractivity contribution in [3.05, 3.63) is 0 Å². The molecule has 0 aromatic carbocycles. The first kappa shape index (κ1) is 53.3. The van der Waals surface area contributed by atoms with E-state index in [0.717, 1.165) is 69.2 Å². The van der Waals surface area contributed by atoms with Crippen LogP contribution < -0.4 is 0 Å². The first-order valence-electron chi connectivity index (χ1n) is 19.4. The fourth-order valence-corrected chi connectivity index (χ4v) is 7.44. The monoisotopic (exact) mass is 986 g/mol. The number of hydrogen-bond donors (Lipinski definition) is 0. The predicted octanol–water partition coefficient (Wildman–Crippen LogP) is -0.462. The van der Waals surface area contributed by atoms with Crippen molar-refractivity contribution in [2.24, 2.45) is 0 Å². The van der Waals surface area contributed by atoms with Gasteiger partial charge < -0.3 is 71.1 Å². The highest BCUT2D eigenvalue weighted by atomic mass is 79.9. The summed E-state index contributed by atoms with van der Waals surface area (Å²) in [6.07, 6.45) is -23.9. The lowest BCUT2D eigenvalue weighted by Gasteiger charge is -2.50. The van der Waals surface area contributed by atoms with Crippen LogP contribution in [0.5, 0.6) is 0 Å². The van der Waals surface area contributed by atoms with Crippen molar-refractivity contribution < 1.29 is 119 Å². The van der Waals surface area contributed by atoms with Crippen molar-refractivity contribution in [3.63, 3.8) is 0 Å². The summed E-state index contributed by atoms with van der Waals surface area (Å²) in [7, 11) is 0. The smallest absolute Gasteiger partial charge is 0.303 e. The van der Waals surface area contributed by atoms with Crippen LogP contribution in [-0.2, 0) is 119 Å². The van der Waals surface area contributed by atoms with Gasteiger partial charge >= 0.3 is 59.7 Å². The molecule has 3 aliphatic rings. The maximum Gasteiger partial charge on any atom is 0.303 e. The Bertz CT molecular complexity index is 1740. The van der Waals surface area contributed by atoms with E-state index in [0.29, 0.717) is 0 Å². The summed E-state index contributed by atoms with van der Waals surface area (Å²) in [6.45, 7) is 8.27. The number of ether oxygens (including phenoxy) is 15. The van der Waals surface area contributed by atoms with Crippen LogP contribution in [0.1, 0.15) is 69.2 Å². The van der Waals surface area contributed by atoms with Gasteiger partial charge in [0.1, 0.15) is 55.4 Å². The van der Waals surface area contributed by atoms with Gasteiger partial charge in [0.2, 0.25) is 0 Å². The number of esters is 10. The molecule has 0 aromatic rings. The quantitative estimate of drug-likeness (QED) is 0.101. The zero-order valence-electron chi connectivity index (χ0n) is 36.4. The molecule has 0 aliphatic carbocycles. The molecule has 0 aromatic heterocycles. The normalized spacial score (nSPS) is 32.3. The molecule has 0 spiro atoms. The number of carbonyl (C=O) groups excluding carboxylic acids is 10. The number of carbonyl (C=O) groups is 10. The standard InChI is InChI=1S/C38H51BrO25/c1-14(40)50-11-24-27(53-17(4)43)30(63-37-34(58-22(9)48)31(56-20(7)46)28(54-18(5)44)25(61-37)12-51-15(2)41)33(36(39)60-24)64-38-35(59-23(10)49)32(57-21(8)47)29(55-19(6)45)26(62-38)13-52-16(3)42/h24-38H,11-13H2,1-10H3. The second-order valence-electron chi connectivity index (χ2n) is 14.2. The number of halogens is 1. The van der Waals surface area contributed by atoms with E-state index in [-0.39, 0.29) is 0 Å². The van der Waals surface area contributed by atoms with Gasteiger partial charge in [-0.1, -0.05) is 15.9 Å². The Labute approximate surface area is 373 Å². The Balaban J connectivity index is 2.31. The third-order valence-corrected chi connectivity index (χ3v) is 9.55. The zero-order chi connectivity index (χ0) is 48.2. The predicted molar refractivity (Wildman–Crippen MR) is 203 cm³/mol. The van der Waals surface area contributed by atoms with Gasteiger partial charge in [0.05, 0.1) is 0 Å². The minimum atomic E-state index is -1.96. The van der Waals surface area contributed by atoms with E-state index in [1.807, 2.05) is 0 Å². The molecular formula is C38H51BrO25. The third kappa shape index (κ3) is 15.9. The molecule has 0 amide bonds. The molecule has 3 aliphatic heterocycles. The second-order valence-corrected chi connectivity index (χ2v) is 15.1. The Morgan fingerprint density at radius 2 is 0.578 bits per heavy atom. The molecule has 64 heavy (non-hydrogen) atoms. The fourth-order valence-electron chi connectivity index (χ4n) is 6.74. The first-order chi connectivity index (χ1) is 29.9. The average molecular weight is 988 g/mol. The summed E-state index contributed by atoms with van der Waals surface area (Å²) < 4.78 is 85.5. The van der Waals surface area contributed by atoms with Crippen molar-refractivity contribution in [1.82, 2.24) is 0 Å². The molecule has 3 heterocycles. The topological polar surface area (TPSA) is 309 Å². The molecule has 0 saturated carbocycles. The minimum absolute atomic E-state index is 0.598. The number of rotatable bonds is 17. The Kier molecular flexibility index (Phi) is 20.3. The average Bonchev–Trinajstić information content (AvgIpc) is 3.14. The molecule has 3 fully saturated rings. The van der Waals surface area contributed by atoms with Crippen LogP contribution in [0.15, 0.2) is 0 Å². The lowest BCUT2D eigenvalue weighted by atomic mass is 9.95. The molecular weight excluding hydrogens is 936 g/mol. The summed E-state index contributed by atoms with van der Waals surface area (Å²) >= 11 is 3.35. The lowest BCUT2D eigenvalue weighted by Crippen LogP contribution is -2.68. The summed E-state index contributed by atoms with van der Waals surface area (Å²) in [5.41, 5.74) is 0. The largest absolute Gasteiger partial charge is 0.463 e. The van der Waals surface area contributed by atoms with E-state index in [2.05, 4.69) is 15.9 Å². The fraction of sp³-hybridized carbons (Fsp3) is 0.737. The molecule has 3 rings (SSSR count). The molecule has 15 atom stereocenters. The Hall–Kier alpha value is -5.02. The summed E-state index contributed by atoms with van der Waals surface area (Å²) in [5.74, 6) is -9.13. The third-order valence-electron chi connectivity index (χ3n) is 8.81. The number of alkyl halides is 1. The van der Waals surface area contributed by atoms with Crippen molar-refractivity contribution in [1.29, 1.82) is 0 Å². The number of hydrogen-bond acceptors (Lipinski definition) is 25. The van der Waals surface area contributed by atoms with Crippen molar-refractivity contribution in [2.45, 2.75) is 160 Å². The molecule has 0 bridgehead atoms. The summed E-state index contributed by atoms with van der Waals surface area (Å²) in [4.78, 5) is 124. The molecule has 360 valence electrons. The highest BCUT2D eigenvalue weighted by Gasteiger charge is 2.59. The van der Waals surface area contributed by atoms with Gasteiger partial charge in [-0.15, -0.1) is 0 Å². The molecule has 15 unspecified atom stereocenters. The maximum atomic E-state index is 12.8. The SMILES string of the molecule is CC(=O)OCC1OC(Br)C(OC2OC(COC(C)=O)C(OC(C)=O)C(OC(C)=O)C2OC(C)=O)C(OC2OC(COC(C)=O)C(OC(C)=O)C(OC(C)=O)C2OC(C)=O)C1OC(C)=O. The van der Waals surface area contributed by atoms with Crippen LogP contribution in [0.4, 0.5) is 0 Å². The highest BCUT2D eigenvalue weighted by Crippen LogP contribution is 2.39. The van der Waals surface area contributed by atoms with Crippen LogP contribution >= 0.6 is 15.9 Å². The first-order valence-corrected chi connectivity index (χ1v) is 20.3. The van der Waals surface area contributed by atoms with Gasteiger partial charge in [0.15, 0.2) is 55.3 Å². The summed E-state index contributed by atoms with van der Waals surface area (Å²) in [6, 6.07) is 0. The van der Waals surface area contributed by atoms with Gasteiger partial charge in [-0.2, -0.15) is 0 Å². The molecule has 0 radical (unpaired) electrons.